The molecular weight excluding hydrogens is 412 g/mol. The van der Waals surface area contributed by atoms with Crippen LogP contribution in [0, 0.1) is 6.92 Å². The van der Waals surface area contributed by atoms with Crippen molar-refractivity contribution in [3.05, 3.63) is 88.8 Å². The van der Waals surface area contributed by atoms with Gasteiger partial charge in [0.2, 0.25) is 0 Å². The van der Waals surface area contributed by atoms with Crippen molar-refractivity contribution in [2.75, 3.05) is 0 Å². The fourth-order valence-corrected chi connectivity index (χ4v) is 4.11. The van der Waals surface area contributed by atoms with Crippen LogP contribution in [0.3, 0.4) is 0 Å². The van der Waals surface area contributed by atoms with Crippen LogP contribution in [0.1, 0.15) is 31.5 Å². The summed E-state index contributed by atoms with van der Waals surface area (Å²) in [5.74, 6) is -1.24. The van der Waals surface area contributed by atoms with E-state index in [1.807, 2.05) is 25.1 Å². The zero-order valence-corrected chi connectivity index (χ0v) is 17.4. The third-order valence-corrected chi connectivity index (χ3v) is 5.84. The minimum absolute atomic E-state index is 0.256. The molecule has 2 aromatic carbocycles. The monoisotopic (exact) mass is 430 g/mol. The molecular formula is C23H18N4O3S. The van der Waals surface area contributed by atoms with E-state index in [1.165, 1.54) is 17.5 Å². The highest BCUT2D eigenvalue weighted by molar-refractivity contribution is 7.15. The number of aromatic carboxylic acids is 1. The maximum absolute atomic E-state index is 12.2. The molecule has 1 amide bonds. The van der Waals surface area contributed by atoms with Crippen molar-refractivity contribution < 1.29 is 14.7 Å². The zero-order valence-electron chi connectivity index (χ0n) is 16.6. The van der Waals surface area contributed by atoms with E-state index in [4.69, 9.17) is 5.11 Å². The predicted octanol–water partition coefficient (Wildman–Crippen LogP) is 4.20. The lowest BCUT2D eigenvalue weighted by atomic mass is 10.0. The molecule has 7 nitrogen and oxygen atoms in total. The van der Waals surface area contributed by atoms with Crippen molar-refractivity contribution in [3.8, 4) is 21.6 Å². The Bertz CT molecular complexity index is 1240. The summed E-state index contributed by atoms with van der Waals surface area (Å²) < 4.78 is 0. The third-order valence-electron chi connectivity index (χ3n) is 4.64. The molecule has 0 aliphatic rings. The number of nitrogens with zero attached hydrogens (tertiary/aromatic N) is 3. The number of hydrogen-bond donors (Lipinski definition) is 2. The lowest BCUT2D eigenvalue weighted by Gasteiger charge is -2.05. The summed E-state index contributed by atoms with van der Waals surface area (Å²) in [5, 5.41) is 20.2. The van der Waals surface area contributed by atoms with Gasteiger partial charge in [0.1, 0.15) is 5.01 Å². The van der Waals surface area contributed by atoms with Crippen molar-refractivity contribution in [2.24, 2.45) is 0 Å². The number of carboxylic acid groups (broad SMARTS) is 1. The molecule has 154 valence electrons. The molecule has 2 N–H and O–H groups in total. The standard InChI is InChI=1S/C23H18N4O3S/c1-14-21(31-20(26-14)13-24-22(28)19-6-3-11-25-27-19)18-5-2-4-17(12-18)15-7-9-16(10-8-15)23(29)30/h2-12H,13H2,1H3,(H,24,28)(H,29,30). The number of amides is 1. The quantitative estimate of drug-likeness (QED) is 0.475. The van der Waals surface area contributed by atoms with Gasteiger partial charge < -0.3 is 10.4 Å². The maximum atomic E-state index is 12.2. The largest absolute Gasteiger partial charge is 0.478 e. The van der Waals surface area contributed by atoms with Crippen LogP contribution in [0.5, 0.6) is 0 Å². The van der Waals surface area contributed by atoms with Gasteiger partial charge >= 0.3 is 5.97 Å². The van der Waals surface area contributed by atoms with Crippen LogP contribution < -0.4 is 5.32 Å². The van der Waals surface area contributed by atoms with Crippen molar-refractivity contribution in [1.29, 1.82) is 0 Å². The first-order chi connectivity index (χ1) is 15.0. The molecule has 4 aromatic rings. The number of nitrogens with one attached hydrogen (secondary N) is 1. The van der Waals surface area contributed by atoms with E-state index < -0.39 is 5.97 Å². The Morgan fingerprint density at radius 3 is 2.48 bits per heavy atom. The van der Waals surface area contributed by atoms with Crippen molar-refractivity contribution >= 4 is 23.2 Å². The number of hydrogen-bond acceptors (Lipinski definition) is 6. The molecule has 0 saturated carbocycles. The number of benzene rings is 2. The van der Waals surface area contributed by atoms with Crippen molar-refractivity contribution in [2.45, 2.75) is 13.5 Å². The van der Waals surface area contributed by atoms with Gasteiger partial charge in [-0.25, -0.2) is 9.78 Å². The van der Waals surface area contributed by atoms with Crippen LogP contribution in [0.4, 0.5) is 0 Å². The average Bonchev–Trinajstić information content (AvgIpc) is 3.18. The summed E-state index contributed by atoms with van der Waals surface area (Å²) in [5.41, 5.74) is 4.34. The van der Waals surface area contributed by atoms with E-state index in [2.05, 4.69) is 26.6 Å². The van der Waals surface area contributed by atoms with Gasteiger partial charge in [-0.3, -0.25) is 4.79 Å². The van der Waals surface area contributed by atoms with Gasteiger partial charge in [-0.15, -0.1) is 16.4 Å². The Morgan fingerprint density at radius 2 is 1.77 bits per heavy atom. The maximum Gasteiger partial charge on any atom is 0.335 e. The summed E-state index contributed by atoms with van der Waals surface area (Å²) >= 11 is 1.52. The molecule has 0 bridgehead atoms. The summed E-state index contributed by atoms with van der Waals surface area (Å²) in [6.45, 7) is 2.24. The highest BCUT2D eigenvalue weighted by Crippen LogP contribution is 2.33. The van der Waals surface area contributed by atoms with E-state index in [1.54, 1.807) is 36.4 Å². The van der Waals surface area contributed by atoms with Crippen LogP contribution in [0.2, 0.25) is 0 Å². The molecule has 0 aliphatic carbocycles. The van der Waals surface area contributed by atoms with Crippen molar-refractivity contribution in [3.63, 3.8) is 0 Å². The average molecular weight is 430 g/mol. The molecule has 8 heteroatoms. The molecule has 4 rings (SSSR count). The SMILES string of the molecule is Cc1nc(CNC(=O)c2cccnn2)sc1-c1cccc(-c2ccc(C(=O)O)cc2)c1. The summed E-state index contributed by atoms with van der Waals surface area (Å²) in [4.78, 5) is 28.8. The van der Waals surface area contributed by atoms with Crippen LogP contribution >= 0.6 is 11.3 Å². The zero-order chi connectivity index (χ0) is 21.8. The number of aryl methyl sites for hydroxylation is 1. The number of thiazole rings is 1. The highest BCUT2D eigenvalue weighted by Gasteiger charge is 2.13. The van der Waals surface area contributed by atoms with E-state index in [0.717, 1.165) is 32.3 Å². The first-order valence-electron chi connectivity index (χ1n) is 9.47. The first-order valence-corrected chi connectivity index (χ1v) is 10.3. The van der Waals surface area contributed by atoms with E-state index in [-0.39, 0.29) is 17.2 Å². The number of carbonyl (C=O) groups excluding carboxylic acids is 1. The Balaban J connectivity index is 1.52. The highest BCUT2D eigenvalue weighted by atomic mass is 32.1. The minimum atomic E-state index is -0.945. The Kier molecular flexibility index (Phi) is 5.81. The Labute approximate surface area is 182 Å². The van der Waals surface area contributed by atoms with Gasteiger partial charge in [0, 0.05) is 6.20 Å². The van der Waals surface area contributed by atoms with Gasteiger partial charge in [0.05, 0.1) is 22.7 Å². The lowest BCUT2D eigenvalue weighted by Crippen LogP contribution is -2.23. The summed E-state index contributed by atoms with van der Waals surface area (Å²) in [6.07, 6.45) is 1.52. The first kappa shape index (κ1) is 20.4. The third kappa shape index (κ3) is 4.65. The second-order valence-electron chi connectivity index (χ2n) is 6.78. The van der Waals surface area contributed by atoms with Gasteiger partial charge in [-0.1, -0.05) is 30.3 Å². The summed E-state index contributed by atoms with van der Waals surface area (Å²) in [7, 11) is 0. The fraction of sp³-hybridized carbons (Fsp3) is 0.0870. The van der Waals surface area contributed by atoms with E-state index in [9.17, 15) is 9.59 Å². The second kappa shape index (κ2) is 8.85. The van der Waals surface area contributed by atoms with E-state index in [0.29, 0.717) is 6.54 Å². The molecule has 0 unspecified atom stereocenters. The fourth-order valence-electron chi connectivity index (χ4n) is 3.11. The Hall–Kier alpha value is -3.91. The summed E-state index contributed by atoms with van der Waals surface area (Å²) in [6, 6.07) is 18.1. The van der Waals surface area contributed by atoms with Gasteiger partial charge in [0.15, 0.2) is 5.69 Å². The second-order valence-corrected chi connectivity index (χ2v) is 7.86. The van der Waals surface area contributed by atoms with Crippen LogP contribution in [0.25, 0.3) is 21.6 Å². The number of carbonyl (C=O) groups is 2. The lowest BCUT2D eigenvalue weighted by molar-refractivity contribution is 0.0696. The smallest absolute Gasteiger partial charge is 0.335 e. The molecule has 0 spiro atoms. The van der Waals surface area contributed by atoms with E-state index >= 15 is 0 Å². The molecule has 0 aliphatic heterocycles. The van der Waals surface area contributed by atoms with Crippen LogP contribution in [-0.4, -0.2) is 32.2 Å². The van der Waals surface area contributed by atoms with Gasteiger partial charge in [-0.05, 0) is 53.9 Å². The number of aromatic nitrogens is 3. The number of carboxylic acids is 1. The van der Waals surface area contributed by atoms with Gasteiger partial charge in [-0.2, -0.15) is 5.10 Å². The van der Waals surface area contributed by atoms with Crippen molar-refractivity contribution in [1.82, 2.24) is 20.5 Å². The molecule has 0 atom stereocenters. The molecule has 2 aromatic heterocycles. The molecule has 0 saturated heterocycles. The molecule has 0 fully saturated rings. The number of rotatable bonds is 6. The van der Waals surface area contributed by atoms with Crippen LogP contribution in [-0.2, 0) is 6.54 Å². The van der Waals surface area contributed by atoms with Crippen LogP contribution in [0.15, 0.2) is 66.9 Å². The minimum Gasteiger partial charge on any atom is -0.478 e. The molecule has 2 heterocycles. The van der Waals surface area contributed by atoms with Gasteiger partial charge in [0.25, 0.3) is 5.91 Å². The molecule has 31 heavy (non-hydrogen) atoms. The topological polar surface area (TPSA) is 105 Å². The normalized spacial score (nSPS) is 10.6. The Morgan fingerprint density at radius 1 is 1.00 bits per heavy atom. The predicted molar refractivity (Wildman–Crippen MR) is 118 cm³/mol. The molecule has 0 radical (unpaired) electrons.